The van der Waals surface area contributed by atoms with Crippen molar-refractivity contribution in [2.45, 2.75) is 44.6 Å². The van der Waals surface area contributed by atoms with Gasteiger partial charge in [-0.25, -0.2) is 4.79 Å². The average molecular weight is 539 g/mol. The van der Waals surface area contributed by atoms with Crippen LogP contribution in [0.4, 0.5) is 23.7 Å². The number of ether oxygens (including phenoxy) is 1. The van der Waals surface area contributed by atoms with Crippen LogP contribution in [0, 0.1) is 0 Å². The number of carbonyl (C=O) groups excluding carboxylic acids is 3. The molecule has 4 amide bonds. The fraction of sp³-hybridized carbons (Fsp3) is 0.400. The van der Waals surface area contributed by atoms with E-state index in [-0.39, 0.29) is 35.5 Å². The number of rotatable bonds is 4. The molecule has 0 bridgehead atoms. The van der Waals surface area contributed by atoms with E-state index in [2.05, 4.69) is 0 Å². The van der Waals surface area contributed by atoms with E-state index in [4.69, 9.17) is 22.1 Å². The number of nitrogens with zero attached hydrogens (tertiary/aromatic N) is 3. The van der Waals surface area contributed by atoms with Gasteiger partial charge in [0.1, 0.15) is 11.8 Å². The molecule has 1 saturated heterocycles. The van der Waals surface area contributed by atoms with Gasteiger partial charge in [-0.3, -0.25) is 9.59 Å². The summed E-state index contributed by atoms with van der Waals surface area (Å²) in [6.45, 7) is 1.07. The molecule has 0 saturated carbocycles. The smallest absolute Gasteiger partial charge is 0.422 e. The second-order valence-electron chi connectivity index (χ2n) is 9.10. The molecule has 0 unspecified atom stereocenters. The molecule has 0 radical (unpaired) electrons. The number of anilines is 1. The largest absolute Gasteiger partial charge is 0.484 e. The highest BCUT2D eigenvalue weighted by atomic mass is 35.5. The molecule has 2 N–H and O–H groups in total. The summed E-state index contributed by atoms with van der Waals surface area (Å²) in [6, 6.07) is 9.42. The summed E-state index contributed by atoms with van der Waals surface area (Å²) < 4.78 is 42.2. The zero-order chi connectivity index (χ0) is 26.9. The predicted octanol–water partition coefficient (Wildman–Crippen LogP) is 4.20. The Morgan fingerprint density at radius 3 is 2.54 bits per heavy atom. The van der Waals surface area contributed by atoms with E-state index < -0.39 is 36.7 Å². The molecule has 0 aliphatic carbocycles. The summed E-state index contributed by atoms with van der Waals surface area (Å²) in [5.41, 5.74) is 6.88. The van der Waals surface area contributed by atoms with E-state index in [1.807, 2.05) is 0 Å². The van der Waals surface area contributed by atoms with Gasteiger partial charge in [-0.15, -0.1) is 0 Å². The molecule has 4 rings (SSSR count). The summed E-state index contributed by atoms with van der Waals surface area (Å²) >= 11 is 6.28. The number of hydrogen-bond acceptors (Lipinski definition) is 4. The summed E-state index contributed by atoms with van der Waals surface area (Å²) in [5.74, 6) is -1.14. The standard InChI is InChI=1S/C25H26ClF3N4O4/c1-15-12-33(23(35)18-9-8-17(11-19(18)26)37-14-25(27,28)29)20-6-3-2-5-16(20)13-32(15)24(36)31-10-4-7-21(31)22(30)34/h2-3,5-6,8-9,11,15,21H,4,7,10,12-14H2,1H3,(H2,30,34)/t15-,21-/m1/s1. The molecule has 2 aromatic carbocycles. The first-order valence-electron chi connectivity index (χ1n) is 11.7. The molecule has 2 aromatic rings. The van der Waals surface area contributed by atoms with Crippen LogP contribution in [0.15, 0.2) is 42.5 Å². The first-order valence-corrected chi connectivity index (χ1v) is 12.1. The molecule has 12 heteroatoms. The van der Waals surface area contributed by atoms with Crippen molar-refractivity contribution in [1.29, 1.82) is 0 Å². The predicted molar refractivity (Wildman–Crippen MR) is 130 cm³/mol. The molecule has 8 nitrogen and oxygen atoms in total. The van der Waals surface area contributed by atoms with E-state index in [9.17, 15) is 27.6 Å². The monoisotopic (exact) mass is 538 g/mol. The molecule has 0 spiro atoms. The SMILES string of the molecule is C[C@@H]1CN(C(=O)c2ccc(OCC(F)(F)F)cc2Cl)c2ccccc2CN1C(=O)N1CCC[C@@H]1C(N)=O. The van der Waals surface area contributed by atoms with Gasteiger partial charge in [0.05, 0.1) is 10.6 Å². The Balaban J connectivity index is 1.61. The lowest BCUT2D eigenvalue weighted by atomic mass is 10.1. The number of fused-ring (bicyclic) bond motifs is 1. The van der Waals surface area contributed by atoms with Gasteiger partial charge in [0, 0.05) is 31.4 Å². The summed E-state index contributed by atoms with van der Waals surface area (Å²) in [5, 5.41) is -0.0617. The molecule has 2 aliphatic rings. The number of nitrogens with two attached hydrogens (primary N) is 1. The van der Waals surface area contributed by atoms with Crippen molar-refractivity contribution in [3.8, 4) is 5.75 Å². The molecule has 198 valence electrons. The van der Waals surface area contributed by atoms with Crippen LogP contribution >= 0.6 is 11.6 Å². The number of para-hydroxylation sites is 1. The van der Waals surface area contributed by atoms with Crippen LogP contribution in [0.2, 0.25) is 5.02 Å². The number of likely N-dealkylation sites (tertiary alicyclic amines) is 1. The third-order valence-electron chi connectivity index (χ3n) is 6.49. The molecule has 0 aromatic heterocycles. The van der Waals surface area contributed by atoms with Crippen LogP contribution in [0.25, 0.3) is 0 Å². The van der Waals surface area contributed by atoms with Crippen LogP contribution in [0.1, 0.15) is 35.7 Å². The van der Waals surface area contributed by atoms with Gasteiger partial charge < -0.3 is 25.2 Å². The van der Waals surface area contributed by atoms with Gasteiger partial charge in [-0.05, 0) is 49.6 Å². The quantitative estimate of drug-likeness (QED) is 0.631. The minimum Gasteiger partial charge on any atom is -0.484 e. The Bertz CT molecular complexity index is 1210. The average Bonchev–Trinajstić information content (AvgIpc) is 3.29. The lowest BCUT2D eigenvalue weighted by Crippen LogP contribution is -2.53. The van der Waals surface area contributed by atoms with Crippen molar-refractivity contribution in [1.82, 2.24) is 9.80 Å². The van der Waals surface area contributed by atoms with Crippen molar-refractivity contribution in [2.75, 3.05) is 24.6 Å². The van der Waals surface area contributed by atoms with Gasteiger partial charge in [-0.2, -0.15) is 13.2 Å². The van der Waals surface area contributed by atoms with Gasteiger partial charge in [0.25, 0.3) is 5.91 Å². The molecule has 2 heterocycles. The fourth-order valence-electron chi connectivity index (χ4n) is 4.68. The molecular formula is C25H26ClF3N4O4. The van der Waals surface area contributed by atoms with E-state index >= 15 is 0 Å². The van der Waals surface area contributed by atoms with Gasteiger partial charge in [0.15, 0.2) is 6.61 Å². The fourth-order valence-corrected chi connectivity index (χ4v) is 4.93. The minimum absolute atomic E-state index is 0.0617. The van der Waals surface area contributed by atoms with Crippen molar-refractivity contribution in [2.24, 2.45) is 5.73 Å². The number of amides is 4. The number of carbonyl (C=O) groups is 3. The van der Waals surface area contributed by atoms with E-state index in [0.717, 1.165) is 0 Å². The minimum atomic E-state index is -4.51. The summed E-state index contributed by atoms with van der Waals surface area (Å²) in [4.78, 5) is 43.6. The Labute approximate surface area is 216 Å². The van der Waals surface area contributed by atoms with Crippen molar-refractivity contribution in [3.05, 3.63) is 58.6 Å². The maximum atomic E-state index is 13.6. The van der Waals surface area contributed by atoms with Gasteiger partial charge in [-0.1, -0.05) is 29.8 Å². The number of primary amides is 1. The Hall–Kier alpha value is -3.47. The second kappa shape index (κ2) is 10.5. The lowest BCUT2D eigenvalue weighted by molar-refractivity contribution is -0.153. The maximum Gasteiger partial charge on any atom is 0.422 e. The molecule has 37 heavy (non-hydrogen) atoms. The zero-order valence-electron chi connectivity index (χ0n) is 20.0. The lowest BCUT2D eigenvalue weighted by Gasteiger charge is -2.34. The highest BCUT2D eigenvalue weighted by Crippen LogP contribution is 2.32. The highest BCUT2D eigenvalue weighted by Gasteiger charge is 2.39. The van der Waals surface area contributed by atoms with Crippen LogP contribution in [-0.2, 0) is 11.3 Å². The third kappa shape index (κ3) is 5.76. The van der Waals surface area contributed by atoms with Crippen LogP contribution in [0.3, 0.4) is 0 Å². The first-order chi connectivity index (χ1) is 17.5. The highest BCUT2D eigenvalue weighted by molar-refractivity contribution is 6.34. The number of alkyl halides is 3. The van der Waals surface area contributed by atoms with Crippen molar-refractivity contribution >= 4 is 35.1 Å². The number of halogens is 4. The second-order valence-corrected chi connectivity index (χ2v) is 9.51. The third-order valence-corrected chi connectivity index (χ3v) is 6.81. The van der Waals surface area contributed by atoms with Crippen molar-refractivity contribution in [3.63, 3.8) is 0 Å². The summed E-state index contributed by atoms with van der Waals surface area (Å²) in [7, 11) is 0. The Kier molecular flexibility index (Phi) is 7.54. The van der Waals surface area contributed by atoms with Gasteiger partial charge in [0.2, 0.25) is 5.91 Å². The normalized spacial score (nSPS) is 19.9. The number of urea groups is 1. The summed E-state index contributed by atoms with van der Waals surface area (Å²) in [6.07, 6.45) is -3.34. The van der Waals surface area contributed by atoms with Gasteiger partial charge >= 0.3 is 12.2 Å². The maximum absolute atomic E-state index is 13.6. The number of benzene rings is 2. The van der Waals surface area contributed by atoms with Crippen molar-refractivity contribution < 1.29 is 32.3 Å². The van der Waals surface area contributed by atoms with E-state index in [1.54, 1.807) is 36.1 Å². The van der Waals surface area contributed by atoms with Crippen LogP contribution in [-0.4, -0.2) is 65.6 Å². The first kappa shape index (κ1) is 26.6. The molecule has 2 aliphatic heterocycles. The Morgan fingerprint density at radius 2 is 1.86 bits per heavy atom. The zero-order valence-corrected chi connectivity index (χ0v) is 20.8. The van der Waals surface area contributed by atoms with Crippen LogP contribution in [0.5, 0.6) is 5.75 Å². The number of hydrogen-bond donors (Lipinski definition) is 1. The molecular weight excluding hydrogens is 513 g/mol. The molecule has 1 fully saturated rings. The molecule has 2 atom stereocenters. The topological polar surface area (TPSA) is 96.2 Å². The van der Waals surface area contributed by atoms with E-state index in [0.29, 0.717) is 30.6 Å². The van der Waals surface area contributed by atoms with Crippen LogP contribution < -0.4 is 15.4 Å². The van der Waals surface area contributed by atoms with E-state index in [1.165, 1.54) is 28.0 Å². The Morgan fingerprint density at radius 1 is 1.14 bits per heavy atom.